The highest BCUT2D eigenvalue weighted by atomic mass is 32.3. The smallest absolute Gasteiger partial charge is 0.349 e. The molecule has 2 rings (SSSR count). The zero-order valence-corrected chi connectivity index (χ0v) is 8.71. The van der Waals surface area contributed by atoms with Gasteiger partial charge in [0.15, 0.2) is 5.75 Å². The highest BCUT2D eigenvalue weighted by Gasteiger charge is 2.33. The van der Waals surface area contributed by atoms with Crippen LogP contribution < -0.4 is 13.5 Å². The third-order valence-corrected chi connectivity index (χ3v) is 3.32. The van der Waals surface area contributed by atoms with E-state index in [4.69, 9.17) is 5.14 Å². The second-order valence-corrected chi connectivity index (χ2v) is 5.38. The SMILES string of the molecule is NS(=O)(=O)c1cccc2c1OS(=O)(=O)O2. The normalized spacial score (nSPS) is 17.7. The molecule has 0 spiro atoms. The van der Waals surface area contributed by atoms with Gasteiger partial charge in [-0.2, -0.15) is 0 Å². The van der Waals surface area contributed by atoms with Gasteiger partial charge in [0.1, 0.15) is 4.90 Å². The fourth-order valence-electron chi connectivity index (χ4n) is 1.10. The number of primary sulfonamides is 1. The molecule has 0 radical (unpaired) electrons. The van der Waals surface area contributed by atoms with Gasteiger partial charge in [-0.05, 0) is 12.1 Å². The van der Waals surface area contributed by atoms with E-state index in [1.54, 1.807) is 0 Å². The molecule has 1 aromatic rings. The van der Waals surface area contributed by atoms with Crippen molar-refractivity contribution < 1.29 is 25.2 Å². The summed E-state index contributed by atoms with van der Waals surface area (Å²) in [6.45, 7) is 0. The van der Waals surface area contributed by atoms with Crippen molar-refractivity contribution in [3.8, 4) is 11.5 Å². The molecule has 1 aliphatic rings. The number of hydrogen-bond acceptors (Lipinski definition) is 6. The molecule has 1 heterocycles. The van der Waals surface area contributed by atoms with Crippen molar-refractivity contribution in [3.05, 3.63) is 18.2 Å². The van der Waals surface area contributed by atoms with Crippen molar-refractivity contribution >= 4 is 20.4 Å². The summed E-state index contributed by atoms with van der Waals surface area (Å²) in [6.07, 6.45) is 0. The summed E-state index contributed by atoms with van der Waals surface area (Å²) >= 11 is 0. The quantitative estimate of drug-likeness (QED) is 0.709. The van der Waals surface area contributed by atoms with Crippen molar-refractivity contribution in [2.24, 2.45) is 5.14 Å². The van der Waals surface area contributed by atoms with Crippen LogP contribution in [0.4, 0.5) is 0 Å². The minimum Gasteiger partial charge on any atom is -0.349 e. The molecule has 9 heteroatoms. The van der Waals surface area contributed by atoms with Crippen molar-refractivity contribution in [1.82, 2.24) is 0 Å². The minimum absolute atomic E-state index is 0.193. The summed E-state index contributed by atoms with van der Waals surface area (Å²) in [6, 6.07) is 3.68. The van der Waals surface area contributed by atoms with Crippen LogP contribution in [0.3, 0.4) is 0 Å². The van der Waals surface area contributed by atoms with E-state index in [0.717, 1.165) is 6.07 Å². The summed E-state index contributed by atoms with van der Waals surface area (Å²) in [5, 5.41) is 4.86. The Balaban J connectivity index is 2.72. The van der Waals surface area contributed by atoms with Gasteiger partial charge in [0.25, 0.3) is 0 Å². The van der Waals surface area contributed by atoms with Crippen LogP contribution in [-0.2, 0) is 20.4 Å². The second kappa shape index (κ2) is 2.84. The van der Waals surface area contributed by atoms with Crippen molar-refractivity contribution in [1.29, 1.82) is 0 Å². The van der Waals surface area contributed by atoms with Gasteiger partial charge >= 0.3 is 10.4 Å². The molecule has 0 fully saturated rings. The Kier molecular flexibility index (Phi) is 1.93. The summed E-state index contributed by atoms with van der Waals surface area (Å²) in [5.74, 6) is -0.596. The Labute approximate surface area is 85.8 Å². The topological polar surface area (TPSA) is 113 Å². The van der Waals surface area contributed by atoms with Gasteiger partial charge in [0.2, 0.25) is 15.8 Å². The molecule has 15 heavy (non-hydrogen) atoms. The Morgan fingerprint density at radius 1 is 1.20 bits per heavy atom. The molecule has 0 saturated heterocycles. The molecule has 0 bridgehead atoms. The van der Waals surface area contributed by atoms with E-state index >= 15 is 0 Å². The third kappa shape index (κ3) is 1.76. The number of fused-ring (bicyclic) bond motifs is 1. The predicted molar refractivity (Wildman–Crippen MR) is 48.0 cm³/mol. The van der Waals surface area contributed by atoms with E-state index in [1.807, 2.05) is 0 Å². The summed E-state index contributed by atoms with van der Waals surface area (Å²) < 4.78 is 52.6. The molecular weight excluding hydrogens is 246 g/mol. The molecule has 0 aromatic heterocycles. The highest BCUT2D eigenvalue weighted by Crippen LogP contribution is 2.40. The summed E-state index contributed by atoms with van der Waals surface area (Å²) in [4.78, 5) is -0.430. The largest absolute Gasteiger partial charge is 0.501 e. The lowest BCUT2D eigenvalue weighted by atomic mass is 10.3. The molecule has 0 unspecified atom stereocenters. The van der Waals surface area contributed by atoms with Crippen LogP contribution in [0.5, 0.6) is 11.5 Å². The Morgan fingerprint density at radius 2 is 1.87 bits per heavy atom. The molecular formula is C6H5NO6S2. The van der Waals surface area contributed by atoms with Crippen LogP contribution in [0.25, 0.3) is 0 Å². The zero-order chi connectivity index (χ0) is 11.3. The third-order valence-electron chi connectivity index (χ3n) is 1.63. The second-order valence-electron chi connectivity index (χ2n) is 2.70. The number of rotatable bonds is 1. The monoisotopic (exact) mass is 251 g/mol. The van der Waals surface area contributed by atoms with Gasteiger partial charge in [-0.1, -0.05) is 6.07 Å². The Bertz CT molecular complexity index is 617. The van der Waals surface area contributed by atoms with Gasteiger partial charge in [0, 0.05) is 0 Å². The lowest BCUT2D eigenvalue weighted by Gasteiger charge is -1.99. The van der Waals surface area contributed by atoms with Crippen molar-refractivity contribution in [2.75, 3.05) is 0 Å². The van der Waals surface area contributed by atoms with Crippen LogP contribution >= 0.6 is 0 Å². The van der Waals surface area contributed by atoms with Gasteiger partial charge in [0.05, 0.1) is 0 Å². The Hall–Kier alpha value is -1.32. The molecule has 0 aliphatic carbocycles. The van der Waals surface area contributed by atoms with E-state index in [-0.39, 0.29) is 5.75 Å². The van der Waals surface area contributed by atoms with E-state index in [1.165, 1.54) is 12.1 Å². The summed E-state index contributed by atoms with van der Waals surface area (Å²) in [7, 11) is -8.26. The molecule has 0 amide bonds. The number of para-hydroxylation sites is 1. The zero-order valence-electron chi connectivity index (χ0n) is 7.08. The Morgan fingerprint density at radius 3 is 2.47 bits per heavy atom. The van der Waals surface area contributed by atoms with Gasteiger partial charge in [-0.15, -0.1) is 8.42 Å². The minimum atomic E-state index is -4.21. The van der Waals surface area contributed by atoms with E-state index in [0.29, 0.717) is 0 Å². The van der Waals surface area contributed by atoms with Gasteiger partial charge < -0.3 is 8.37 Å². The average Bonchev–Trinajstić information content (AvgIpc) is 2.35. The fraction of sp³-hybridized carbons (Fsp3) is 0. The lowest BCUT2D eigenvalue weighted by Crippen LogP contribution is -2.13. The number of nitrogens with two attached hydrogens (primary N) is 1. The number of hydrogen-bond donors (Lipinski definition) is 1. The first kappa shape index (κ1) is 10.2. The van der Waals surface area contributed by atoms with E-state index in [9.17, 15) is 16.8 Å². The molecule has 2 N–H and O–H groups in total. The first-order valence-corrected chi connectivity index (χ1v) is 6.47. The highest BCUT2D eigenvalue weighted by molar-refractivity contribution is 7.89. The molecule has 1 aromatic carbocycles. The maximum absolute atomic E-state index is 11.1. The molecule has 1 aliphatic heterocycles. The first-order valence-electron chi connectivity index (χ1n) is 3.59. The molecule has 0 saturated carbocycles. The first-order chi connectivity index (χ1) is 6.80. The molecule has 82 valence electrons. The van der Waals surface area contributed by atoms with Gasteiger partial charge in [-0.25, -0.2) is 13.6 Å². The van der Waals surface area contributed by atoms with Crippen molar-refractivity contribution in [3.63, 3.8) is 0 Å². The fourth-order valence-corrected chi connectivity index (χ4v) is 2.58. The standard InChI is InChI=1S/C6H5NO6S2/c7-14(8,9)5-3-1-2-4-6(5)13-15(10,11)12-4/h1-3H,(H2,7,8,9). The predicted octanol–water partition coefficient (Wildman–Crippen LogP) is -0.650. The summed E-state index contributed by atoms with van der Waals surface area (Å²) in [5.41, 5.74) is 0. The lowest BCUT2D eigenvalue weighted by molar-refractivity contribution is 0.434. The number of benzene rings is 1. The van der Waals surface area contributed by atoms with Crippen LogP contribution in [-0.4, -0.2) is 16.8 Å². The molecule has 0 atom stereocenters. The van der Waals surface area contributed by atoms with Crippen LogP contribution in [0, 0.1) is 0 Å². The molecule has 7 nitrogen and oxygen atoms in total. The van der Waals surface area contributed by atoms with Crippen LogP contribution in [0.15, 0.2) is 23.1 Å². The average molecular weight is 251 g/mol. The van der Waals surface area contributed by atoms with Crippen molar-refractivity contribution in [2.45, 2.75) is 4.90 Å². The maximum Gasteiger partial charge on any atom is 0.501 e. The van der Waals surface area contributed by atoms with E-state index < -0.39 is 31.1 Å². The van der Waals surface area contributed by atoms with Crippen LogP contribution in [0.1, 0.15) is 0 Å². The van der Waals surface area contributed by atoms with Gasteiger partial charge in [-0.3, -0.25) is 0 Å². The maximum atomic E-state index is 11.1. The van der Waals surface area contributed by atoms with E-state index in [2.05, 4.69) is 8.37 Å². The number of sulfonamides is 1. The van der Waals surface area contributed by atoms with Crippen LogP contribution in [0.2, 0.25) is 0 Å².